The number of rotatable bonds is 17. The van der Waals surface area contributed by atoms with Gasteiger partial charge in [-0.2, -0.15) is 12.6 Å². The summed E-state index contributed by atoms with van der Waals surface area (Å²) in [5, 5.41) is 0. The van der Waals surface area contributed by atoms with E-state index < -0.39 is 8.32 Å². The number of thiol groups is 1. The van der Waals surface area contributed by atoms with Gasteiger partial charge in [-0.25, -0.2) is 0 Å². The molecule has 0 aliphatic heterocycles. The summed E-state index contributed by atoms with van der Waals surface area (Å²) in [4.78, 5) is 0. The molecule has 22 heavy (non-hydrogen) atoms. The Balaban J connectivity index is 3.17. The normalized spacial score (nSPS) is 12.0. The molecule has 0 spiro atoms. The van der Waals surface area contributed by atoms with Crippen LogP contribution in [0.1, 0.15) is 90.4 Å². The summed E-state index contributed by atoms with van der Waals surface area (Å²) in [7, 11) is -1.37. The first kappa shape index (κ1) is 22.5. The number of unbranched alkanes of at least 4 members (excludes halogenated alkanes) is 11. The zero-order valence-electron chi connectivity index (χ0n) is 15.7. The highest BCUT2D eigenvalue weighted by Gasteiger charge is 2.20. The molecule has 0 unspecified atom stereocenters. The molecule has 0 aromatic heterocycles. The topological polar surface area (TPSA) is 9.23 Å². The van der Waals surface area contributed by atoms with Crippen molar-refractivity contribution < 1.29 is 4.43 Å². The van der Waals surface area contributed by atoms with E-state index >= 15 is 0 Å². The maximum absolute atomic E-state index is 6.13. The Morgan fingerprint density at radius 1 is 0.682 bits per heavy atom. The van der Waals surface area contributed by atoms with E-state index in [2.05, 4.69) is 32.6 Å². The number of hydrogen-bond acceptors (Lipinski definition) is 2. The maximum Gasteiger partial charge on any atom is 0.186 e. The first-order valence-electron chi connectivity index (χ1n) is 9.87. The Morgan fingerprint density at radius 3 is 1.59 bits per heavy atom. The van der Waals surface area contributed by atoms with Crippen molar-refractivity contribution in [3.63, 3.8) is 0 Å². The molecular formula is C19H42OSSi. The SMILES string of the molecule is CCCCCCCCCCCCCCO[Si](C)(C)CCCS. The van der Waals surface area contributed by atoms with E-state index in [9.17, 15) is 0 Å². The van der Waals surface area contributed by atoms with Crippen LogP contribution in [0.15, 0.2) is 0 Å². The van der Waals surface area contributed by atoms with Gasteiger partial charge in [0.2, 0.25) is 0 Å². The fourth-order valence-electron chi connectivity index (χ4n) is 2.87. The van der Waals surface area contributed by atoms with Gasteiger partial charge in [0, 0.05) is 6.61 Å². The average Bonchev–Trinajstić information content (AvgIpc) is 2.50. The molecule has 0 aromatic rings. The van der Waals surface area contributed by atoms with Crippen molar-refractivity contribution in [1.82, 2.24) is 0 Å². The third kappa shape index (κ3) is 16.9. The van der Waals surface area contributed by atoms with Crippen molar-refractivity contribution in [3.05, 3.63) is 0 Å². The molecule has 0 N–H and O–H groups in total. The highest BCUT2D eigenvalue weighted by atomic mass is 32.1. The summed E-state index contributed by atoms with van der Waals surface area (Å²) in [5.74, 6) is 0.998. The van der Waals surface area contributed by atoms with Gasteiger partial charge in [0.15, 0.2) is 8.32 Å². The van der Waals surface area contributed by atoms with Crippen LogP contribution < -0.4 is 0 Å². The van der Waals surface area contributed by atoms with E-state index in [-0.39, 0.29) is 0 Å². The average molecular weight is 347 g/mol. The molecule has 0 saturated carbocycles. The van der Waals surface area contributed by atoms with Crippen molar-refractivity contribution in [2.24, 2.45) is 0 Å². The lowest BCUT2D eigenvalue weighted by Crippen LogP contribution is -2.30. The van der Waals surface area contributed by atoms with E-state index in [1.54, 1.807) is 0 Å². The van der Waals surface area contributed by atoms with Gasteiger partial charge >= 0.3 is 0 Å². The molecule has 0 saturated heterocycles. The lowest BCUT2D eigenvalue weighted by atomic mass is 10.1. The maximum atomic E-state index is 6.13. The van der Waals surface area contributed by atoms with E-state index in [0.29, 0.717) is 0 Å². The summed E-state index contributed by atoms with van der Waals surface area (Å²) in [6.07, 6.45) is 18.1. The molecule has 0 aromatic carbocycles. The summed E-state index contributed by atoms with van der Waals surface area (Å²) >= 11 is 4.29. The Kier molecular flexibility index (Phi) is 16.8. The van der Waals surface area contributed by atoms with Crippen molar-refractivity contribution >= 4 is 20.9 Å². The second-order valence-corrected chi connectivity index (χ2v) is 12.1. The van der Waals surface area contributed by atoms with E-state index in [1.165, 1.54) is 89.5 Å². The molecule has 0 aliphatic carbocycles. The fourth-order valence-corrected chi connectivity index (χ4v) is 5.19. The van der Waals surface area contributed by atoms with Crippen LogP contribution in [0.2, 0.25) is 19.1 Å². The molecular weight excluding hydrogens is 304 g/mol. The highest BCUT2D eigenvalue weighted by Crippen LogP contribution is 2.16. The zero-order valence-corrected chi connectivity index (χ0v) is 17.6. The zero-order chi connectivity index (χ0) is 16.5. The van der Waals surface area contributed by atoms with Gasteiger partial charge in [-0.05, 0) is 37.7 Å². The van der Waals surface area contributed by atoms with Gasteiger partial charge in [0.1, 0.15) is 0 Å². The van der Waals surface area contributed by atoms with Gasteiger partial charge < -0.3 is 4.43 Å². The predicted molar refractivity (Wildman–Crippen MR) is 108 cm³/mol. The first-order valence-corrected chi connectivity index (χ1v) is 13.6. The van der Waals surface area contributed by atoms with Gasteiger partial charge in [-0.3, -0.25) is 0 Å². The smallest absolute Gasteiger partial charge is 0.186 e. The summed E-state index contributed by atoms with van der Waals surface area (Å²) < 4.78 is 6.13. The standard InChI is InChI=1S/C19H42OSSi/c1-4-5-6-7-8-9-10-11-12-13-14-15-17-20-22(2,3)19-16-18-21/h21H,4-19H2,1-3H3. The lowest BCUT2D eigenvalue weighted by molar-refractivity contribution is 0.293. The van der Waals surface area contributed by atoms with E-state index in [1.807, 2.05) is 0 Å². The number of hydrogen-bond donors (Lipinski definition) is 1. The Morgan fingerprint density at radius 2 is 1.14 bits per heavy atom. The predicted octanol–water partition coefficient (Wildman–Crippen LogP) is 7.23. The summed E-state index contributed by atoms with van der Waals surface area (Å²) in [6, 6.07) is 1.26. The van der Waals surface area contributed by atoms with Crippen molar-refractivity contribution in [1.29, 1.82) is 0 Å². The van der Waals surface area contributed by atoms with Gasteiger partial charge in [0.25, 0.3) is 0 Å². The minimum atomic E-state index is -1.37. The minimum Gasteiger partial charge on any atom is -0.417 e. The molecule has 3 heteroatoms. The quantitative estimate of drug-likeness (QED) is 0.166. The van der Waals surface area contributed by atoms with Crippen LogP contribution in [0.4, 0.5) is 0 Å². The van der Waals surface area contributed by atoms with Crippen LogP contribution in [0.25, 0.3) is 0 Å². The van der Waals surface area contributed by atoms with Crippen molar-refractivity contribution in [2.45, 2.75) is 110 Å². The van der Waals surface area contributed by atoms with Gasteiger partial charge in [-0.15, -0.1) is 0 Å². The third-order valence-electron chi connectivity index (χ3n) is 4.43. The third-order valence-corrected chi connectivity index (χ3v) is 7.29. The molecule has 0 radical (unpaired) electrons. The Labute approximate surface area is 147 Å². The van der Waals surface area contributed by atoms with Crippen molar-refractivity contribution in [3.8, 4) is 0 Å². The molecule has 0 bridgehead atoms. The molecule has 1 nitrogen and oxygen atoms in total. The Bertz CT molecular complexity index is 221. The van der Waals surface area contributed by atoms with Crippen LogP contribution in [-0.4, -0.2) is 20.7 Å². The highest BCUT2D eigenvalue weighted by molar-refractivity contribution is 7.80. The molecule has 0 aliphatic rings. The summed E-state index contributed by atoms with van der Waals surface area (Å²) in [6.45, 7) is 7.97. The van der Waals surface area contributed by atoms with Crippen LogP contribution in [0.5, 0.6) is 0 Å². The molecule has 0 atom stereocenters. The fraction of sp³-hybridized carbons (Fsp3) is 1.00. The van der Waals surface area contributed by atoms with Crippen LogP contribution in [-0.2, 0) is 4.43 Å². The molecule has 0 amide bonds. The molecule has 0 heterocycles. The Hall–Kier alpha value is 0.527. The second-order valence-electron chi connectivity index (χ2n) is 7.32. The van der Waals surface area contributed by atoms with Crippen LogP contribution >= 0.6 is 12.6 Å². The van der Waals surface area contributed by atoms with Crippen LogP contribution in [0.3, 0.4) is 0 Å². The first-order chi connectivity index (χ1) is 10.6. The molecule has 134 valence electrons. The second kappa shape index (κ2) is 16.4. The van der Waals surface area contributed by atoms with E-state index in [4.69, 9.17) is 4.43 Å². The van der Waals surface area contributed by atoms with Crippen LogP contribution in [0, 0.1) is 0 Å². The molecule has 0 rings (SSSR count). The largest absolute Gasteiger partial charge is 0.417 e. The minimum absolute atomic E-state index is 0.989. The van der Waals surface area contributed by atoms with Gasteiger partial charge in [0.05, 0.1) is 0 Å². The summed E-state index contributed by atoms with van der Waals surface area (Å²) in [5.41, 5.74) is 0. The van der Waals surface area contributed by atoms with E-state index in [0.717, 1.165) is 12.4 Å². The monoisotopic (exact) mass is 346 g/mol. The lowest BCUT2D eigenvalue weighted by Gasteiger charge is -2.22. The molecule has 0 fully saturated rings. The van der Waals surface area contributed by atoms with Gasteiger partial charge in [-0.1, -0.05) is 77.6 Å². The van der Waals surface area contributed by atoms with Crippen molar-refractivity contribution in [2.75, 3.05) is 12.4 Å².